The summed E-state index contributed by atoms with van der Waals surface area (Å²) < 4.78 is 0. The summed E-state index contributed by atoms with van der Waals surface area (Å²) in [4.78, 5) is 28.0. The second kappa shape index (κ2) is 5.07. The van der Waals surface area contributed by atoms with E-state index >= 15 is 0 Å². The Balaban J connectivity index is 1.69. The number of carbonyl (C=O) groups is 1. The standard InChI is InChI=1S/C13H16N4O3/c18-13(16-7-9-2-1-3-10(9)8-16)15-11-4-5-14-6-12(11)17(19)20/h4-6,9-10H,1-3,7-8H2,(H,14,15,18)/t9-,10+. The topological polar surface area (TPSA) is 88.4 Å². The van der Waals surface area contributed by atoms with Gasteiger partial charge in [0.15, 0.2) is 0 Å². The molecule has 0 radical (unpaired) electrons. The summed E-state index contributed by atoms with van der Waals surface area (Å²) in [6, 6.07) is 1.20. The molecule has 1 aromatic rings. The van der Waals surface area contributed by atoms with E-state index in [0.29, 0.717) is 11.8 Å². The Hall–Kier alpha value is -2.18. The number of nitrogens with one attached hydrogen (secondary N) is 1. The lowest BCUT2D eigenvalue weighted by molar-refractivity contribution is -0.384. The van der Waals surface area contributed by atoms with Gasteiger partial charge in [-0.25, -0.2) is 4.79 Å². The van der Waals surface area contributed by atoms with Crippen LogP contribution < -0.4 is 5.32 Å². The van der Waals surface area contributed by atoms with E-state index < -0.39 is 4.92 Å². The highest BCUT2D eigenvalue weighted by atomic mass is 16.6. The SMILES string of the molecule is O=C(Nc1ccncc1[N+](=O)[O-])N1C[C@H]2CCC[C@H]2C1. The van der Waals surface area contributed by atoms with Crippen molar-refractivity contribution < 1.29 is 9.72 Å². The van der Waals surface area contributed by atoms with Crippen LogP contribution in [-0.4, -0.2) is 33.9 Å². The van der Waals surface area contributed by atoms with Gasteiger partial charge in [-0.05, 0) is 30.7 Å². The molecule has 3 rings (SSSR count). The third kappa shape index (κ3) is 2.31. The Kier molecular flexibility index (Phi) is 3.25. The Bertz CT molecular complexity index is 536. The number of nitro groups is 1. The molecule has 2 heterocycles. The van der Waals surface area contributed by atoms with Crippen molar-refractivity contribution in [2.75, 3.05) is 18.4 Å². The number of carbonyl (C=O) groups excluding carboxylic acids is 1. The number of hydrogen-bond acceptors (Lipinski definition) is 4. The number of fused-ring (bicyclic) bond motifs is 1. The Morgan fingerprint density at radius 1 is 1.40 bits per heavy atom. The van der Waals surface area contributed by atoms with Crippen LogP contribution in [0.2, 0.25) is 0 Å². The molecule has 0 spiro atoms. The molecule has 0 bridgehead atoms. The third-order valence-electron chi connectivity index (χ3n) is 4.25. The van der Waals surface area contributed by atoms with Crippen molar-refractivity contribution in [3.63, 3.8) is 0 Å². The monoisotopic (exact) mass is 276 g/mol. The average molecular weight is 276 g/mol. The molecular formula is C13H16N4O3. The van der Waals surface area contributed by atoms with Gasteiger partial charge in [0.25, 0.3) is 0 Å². The molecule has 0 aromatic carbocycles. The van der Waals surface area contributed by atoms with Gasteiger partial charge in [-0.15, -0.1) is 0 Å². The minimum absolute atomic E-state index is 0.180. The molecule has 7 heteroatoms. The molecule has 1 aliphatic carbocycles. The van der Waals surface area contributed by atoms with Gasteiger partial charge in [0.05, 0.1) is 4.92 Å². The van der Waals surface area contributed by atoms with Crippen LogP contribution in [0.15, 0.2) is 18.5 Å². The van der Waals surface area contributed by atoms with E-state index in [0.717, 1.165) is 19.3 Å². The smallest absolute Gasteiger partial charge is 0.322 e. The second-order valence-corrected chi connectivity index (χ2v) is 5.44. The van der Waals surface area contributed by atoms with Gasteiger partial charge in [-0.3, -0.25) is 15.1 Å². The molecule has 7 nitrogen and oxygen atoms in total. The van der Waals surface area contributed by atoms with Crippen molar-refractivity contribution >= 4 is 17.4 Å². The first-order chi connectivity index (χ1) is 9.65. The molecular weight excluding hydrogens is 260 g/mol. The van der Waals surface area contributed by atoms with E-state index in [1.165, 1.54) is 31.5 Å². The Morgan fingerprint density at radius 2 is 2.10 bits per heavy atom. The highest BCUT2D eigenvalue weighted by molar-refractivity contribution is 5.91. The second-order valence-electron chi connectivity index (χ2n) is 5.44. The van der Waals surface area contributed by atoms with Gasteiger partial charge in [0.1, 0.15) is 11.9 Å². The number of anilines is 1. The first-order valence-electron chi connectivity index (χ1n) is 6.79. The molecule has 1 aromatic heterocycles. The number of nitrogens with zero attached hydrogens (tertiary/aromatic N) is 3. The van der Waals surface area contributed by atoms with Crippen LogP contribution >= 0.6 is 0 Å². The van der Waals surface area contributed by atoms with Crippen LogP contribution in [0.1, 0.15) is 19.3 Å². The maximum absolute atomic E-state index is 12.2. The minimum atomic E-state index is -0.540. The fourth-order valence-electron chi connectivity index (χ4n) is 3.23. The summed E-state index contributed by atoms with van der Waals surface area (Å²) in [5, 5.41) is 13.5. The lowest BCUT2D eigenvalue weighted by Gasteiger charge is -2.17. The van der Waals surface area contributed by atoms with Crippen LogP contribution in [0, 0.1) is 22.0 Å². The van der Waals surface area contributed by atoms with Crippen molar-refractivity contribution in [3.8, 4) is 0 Å². The molecule has 1 saturated carbocycles. The predicted molar refractivity (Wildman–Crippen MR) is 72.3 cm³/mol. The predicted octanol–water partition coefficient (Wildman–Crippen LogP) is 2.25. The van der Waals surface area contributed by atoms with E-state index in [1.807, 2.05) is 0 Å². The van der Waals surface area contributed by atoms with Crippen LogP contribution in [0.5, 0.6) is 0 Å². The van der Waals surface area contributed by atoms with Crippen molar-refractivity contribution in [2.24, 2.45) is 11.8 Å². The first-order valence-corrected chi connectivity index (χ1v) is 6.79. The summed E-state index contributed by atoms with van der Waals surface area (Å²) in [7, 11) is 0. The zero-order valence-electron chi connectivity index (χ0n) is 11.0. The summed E-state index contributed by atoms with van der Waals surface area (Å²) in [6.07, 6.45) is 6.20. The maximum Gasteiger partial charge on any atom is 0.322 e. The molecule has 2 atom stereocenters. The zero-order chi connectivity index (χ0) is 14.1. The van der Waals surface area contributed by atoms with Crippen molar-refractivity contribution in [1.82, 2.24) is 9.88 Å². The molecule has 2 fully saturated rings. The number of rotatable bonds is 2. The molecule has 20 heavy (non-hydrogen) atoms. The van der Waals surface area contributed by atoms with Gasteiger partial charge in [0.2, 0.25) is 0 Å². The highest BCUT2D eigenvalue weighted by Crippen LogP contribution is 2.38. The first kappa shape index (κ1) is 12.8. The number of pyridine rings is 1. The molecule has 2 aliphatic rings. The maximum atomic E-state index is 12.2. The number of urea groups is 1. The molecule has 2 amide bonds. The fourth-order valence-corrected chi connectivity index (χ4v) is 3.23. The normalized spacial score (nSPS) is 24.5. The van der Waals surface area contributed by atoms with Gasteiger partial charge in [-0.1, -0.05) is 6.42 Å². The summed E-state index contributed by atoms with van der Waals surface area (Å²) in [5.41, 5.74) is 0.0206. The van der Waals surface area contributed by atoms with Gasteiger partial charge < -0.3 is 10.2 Å². The quantitative estimate of drug-likeness (QED) is 0.662. The van der Waals surface area contributed by atoms with Gasteiger partial charge in [-0.2, -0.15) is 0 Å². The molecule has 0 unspecified atom stereocenters. The average Bonchev–Trinajstić information content (AvgIpc) is 2.99. The summed E-state index contributed by atoms with van der Waals surface area (Å²) in [6.45, 7) is 1.52. The Morgan fingerprint density at radius 3 is 2.75 bits per heavy atom. The van der Waals surface area contributed by atoms with Crippen LogP contribution in [0.4, 0.5) is 16.2 Å². The minimum Gasteiger partial charge on any atom is -0.324 e. The Labute approximate surface area is 116 Å². The fraction of sp³-hybridized carbons (Fsp3) is 0.538. The van der Waals surface area contributed by atoms with Crippen LogP contribution in [-0.2, 0) is 0 Å². The van der Waals surface area contributed by atoms with E-state index in [4.69, 9.17) is 0 Å². The zero-order valence-corrected chi connectivity index (χ0v) is 11.0. The van der Waals surface area contributed by atoms with Gasteiger partial charge in [0, 0.05) is 19.3 Å². The van der Waals surface area contributed by atoms with E-state index in [-0.39, 0.29) is 17.4 Å². The largest absolute Gasteiger partial charge is 0.324 e. The van der Waals surface area contributed by atoms with E-state index in [2.05, 4.69) is 10.3 Å². The van der Waals surface area contributed by atoms with Gasteiger partial charge >= 0.3 is 11.7 Å². The number of amides is 2. The molecule has 1 N–H and O–H groups in total. The summed E-state index contributed by atoms with van der Waals surface area (Å²) >= 11 is 0. The van der Waals surface area contributed by atoms with Crippen molar-refractivity contribution in [2.45, 2.75) is 19.3 Å². The van der Waals surface area contributed by atoms with Crippen LogP contribution in [0.25, 0.3) is 0 Å². The highest BCUT2D eigenvalue weighted by Gasteiger charge is 2.38. The molecule has 1 saturated heterocycles. The lowest BCUT2D eigenvalue weighted by atomic mass is 10.0. The molecule has 106 valence electrons. The molecule has 1 aliphatic heterocycles. The third-order valence-corrected chi connectivity index (χ3v) is 4.25. The van der Waals surface area contributed by atoms with E-state index in [9.17, 15) is 14.9 Å². The number of aromatic nitrogens is 1. The van der Waals surface area contributed by atoms with Crippen molar-refractivity contribution in [3.05, 3.63) is 28.6 Å². The van der Waals surface area contributed by atoms with Crippen LogP contribution in [0.3, 0.4) is 0 Å². The number of hydrogen-bond donors (Lipinski definition) is 1. The lowest BCUT2D eigenvalue weighted by Crippen LogP contribution is -2.33. The number of likely N-dealkylation sites (tertiary alicyclic amines) is 1. The van der Waals surface area contributed by atoms with Crippen molar-refractivity contribution in [1.29, 1.82) is 0 Å². The van der Waals surface area contributed by atoms with E-state index in [1.54, 1.807) is 4.90 Å². The summed E-state index contributed by atoms with van der Waals surface area (Å²) in [5.74, 6) is 1.21.